The van der Waals surface area contributed by atoms with Gasteiger partial charge in [0.2, 0.25) is 0 Å². The minimum absolute atomic E-state index is 0.244. The lowest BCUT2D eigenvalue weighted by atomic mass is 10.1. The molecule has 0 fully saturated rings. The van der Waals surface area contributed by atoms with Gasteiger partial charge < -0.3 is 10.6 Å². The van der Waals surface area contributed by atoms with Gasteiger partial charge in [0.25, 0.3) is 0 Å². The Morgan fingerprint density at radius 1 is 0.833 bits per heavy atom. The molecule has 2 N–H and O–H groups in total. The summed E-state index contributed by atoms with van der Waals surface area (Å²) in [6, 6.07) is 23.6. The summed E-state index contributed by atoms with van der Waals surface area (Å²) in [5, 5.41) is 5.74. The van der Waals surface area contributed by atoms with Crippen molar-refractivity contribution in [3.05, 3.63) is 81.9 Å². The highest BCUT2D eigenvalue weighted by atomic mass is 127. The van der Waals surface area contributed by atoms with Crippen LogP contribution in [0.4, 0.5) is 16.2 Å². The molecule has 120 valence electrons. The number of halogens is 1. The molecule has 0 aliphatic heterocycles. The van der Waals surface area contributed by atoms with Gasteiger partial charge >= 0.3 is 6.03 Å². The van der Waals surface area contributed by atoms with Gasteiger partial charge in [0.05, 0.1) is 0 Å². The number of hydrogen-bond acceptors (Lipinski definition) is 1. The van der Waals surface area contributed by atoms with E-state index in [1.807, 2.05) is 67.6 Å². The van der Waals surface area contributed by atoms with Crippen molar-refractivity contribution >= 4 is 40.0 Å². The van der Waals surface area contributed by atoms with Gasteiger partial charge in [-0.25, -0.2) is 4.79 Å². The molecule has 0 radical (unpaired) electrons. The highest BCUT2D eigenvalue weighted by molar-refractivity contribution is 14.1. The lowest BCUT2D eigenvalue weighted by molar-refractivity contribution is 0.262. The maximum atomic E-state index is 12.1. The predicted molar refractivity (Wildman–Crippen MR) is 108 cm³/mol. The van der Waals surface area contributed by atoms with Crippen LogP contribution in [0.1, 0.15) is 5.56 Å². The summed E-state index contributed by atoms with van der Waals surface area (Å²) in [6.07, 6.45) is 0. The zero-order valence-electron chi connectivity index (χ0n) is 13.2. The Bertz CT molecular complexity index is 845. The highest BCUT2D eigenvalue weighted by Crippen LogP contribution is 2.22. The number of urea groups is 1. The molecule has 0 atom stereocenters. The number of anilines is 2. The second-order valence-electron chi connectivity index (χ2n) is 5.48. The summed E-state index contributed by atoms with van der Waals surface area (Å²) in [7, 11) is 0. The van der Waals surface area contributed by atoms with Crippen LogP contribution in [0.5, 0.6) is 0 Å². The number of amides is 2. The molecular formula is C20H17IN2O. The summed E-state index contributed by atoms with van der Waals surface area (Å²) in [6.45, 7) is 1.98. The molecule has 0 unspecified atom stereocenters. The van der Waals surface area contributed by atoms with Gasteiger partial charge in [0, 0.05) is 14.9 Å². The van der Waals surface area contributed by atoms with Crippen LogP contribution < -0.4 is 10.6 Å². The smallest absolute Gasteiger partial charge is 0.308 e. The molecule has 0 heterocycles. The van der Waals surface area contributed by atoms with Crippen LogP contribution in [0.3, 0.4) is 0 Å². The average molecular weight is 428 g/mol. The molecule has 0 aliphatic carbocycles. The van der Waals surface area contributed by atoms with Gasteiger partial charge in [-0.1, -0.05) is 42.5 Å². The van der Waals surface area contributed by atoms with Gasteiger partial charge in [0.15, 0.2) is 0 Å². The average Bonchev–Trinajstić information content (AvgIpc) is 2.59. The van der Waals surface area contributed by atoms with E-state index in [9.17, 15) is 4.79 Å². The summed E-state index contributed by atoms with van der Waals surface area (Å²) in [5.74, 6) is 0. The first-order chi connectivity index (χ1) is 11.6. The molecule has 3 aromatic rings. The van der Waals surface area contributed by atoms with Crippen molar-refractivity contribution in [3.63, 3.8) is 0 Å². The van der Waals surface area contributed by atoms with E-state index in [-0.39, 0.29) is 6.03 Å². The van der Waals surface area contributed by atoms with Crippen LogP contribution in [-0.2, 0) is 0 Å². The van der Waals surface area contributed by atoms with Crippen LogP contribution in [0.25, 0.3) is 11.1 Å². The molecule has 3 nitrogen and oxygen atoms in total. The Morgan fingerprint density at radius 3 is 2.17 bits per heavy atom. The molecule has 0 aliphatic rings. The maximum absolute atomic E-state index is 12.1. The maximum Gasteiger partial charge on any atom is 0.323 e. The Kier molecular flexibility index (Phi) is 5.15. The highest BCUT2D eigenvalue weighted by Gasteiger charge is 2.05. The molecule has 4 heteroatoms. The predicted octanol–water partition coefficient (Wildman–Crippen LogP) is 5.91. The number of carbonyl (C=O) groups excluding carboxylic acids is 1. The fraction of sp³-hybridized carbons (Fsp3) is 0.0500. The molecule has 0 spiro atoms. The third kappa shape index (κ3) is 4.14. The van der Waals surface area contributed by atoms with Crippen LogP contribution in [-0.4, -0.2) is 6.03 Å². The van der Waals surface area contributed by atoms with E-state index in [2.05, 4.69) is 45.4 Å². The molecule has 24 heavy (non-hydrogen) atoms. The van der Waals surface area contributed by atoms with Gasteiger partial charge in [-0.2, -0.15) is 0 Å². The van der Waals surface area contributed by atoms with Crippen molar-refractivity contribution in [1.29, 1.82) is 0 Å². The van der Waals surface area contributed by atoms with Gasteiger partial charge in [0.1, 0.15) is 0 Å². The third-order valence-corrected chi connectivity index (χ3v) is 4.36. The van der Waals surface area contributed by atoms with Gasteiger partial charge in [-0.15, -0.1) is 0 Å². The number of benzene rings is 3. The standard InChI is InChI=1S/C20H17IN2O/c1-14-13-17(21)9-12-19(14)23-20(24)22-18-10-7-16(8-11-18)15-5-3-2-4-6-15/h2-13H,1H3,(H2,22,23,24). The fourth-order valence-corrected chi connectivity index (χ4v) is 3.08. The van der Waals surface area contributed by atoms with Crippen LogP contribution in [0.15, 0.2) is 72.8 Å². The summed E-state index contributed by atoms with van der Waals surface area (Å²) in [5.41, 5.74) is 4.89. The first kappa shape index (κ1) is 16.5. The van der Waals surface area contributed by atoms with Gasteiger partial charge in [-0.3, -0.25) is 0 Å². The van der Waals surface area contributed by atoms with E-state index in [1.165, 1.54) is 0 Å². The lowest BCUT2D eigenvalue weighted by Crippen LogP contribution is -2.19. The topological polar surface area (TPSA) is 41.1 Å². The Balaban J connectivity index is 1.66. The first-order valence-corrected chi connectivity index (χ1v) is 8.69. The first-order valence-electron chi connectivity index (χ1n) is 7.61. The SMILES string of the molecule is Cc1cc(I)ccc1NC(=O)Nc1ccc(-c2ccccc2)cc1. The van der Waals surface area contributed by atoms with E-state index >= 15 is 0 Å². The normalized spacial score (nSPS) is 10.2. The lowest BCUT2D eigenvalue weighted by Gasteiger charge is -2.11. The molecule has 0 saturated carbocycles. The Morgan fingerprint density at radius 2 is 1.50 bits per heavy atom. The molecule has 2 amide bonds. The number of carbonyl (C=O) groups is 1. The monoisotopic (exact) mass is 428 g/mol. The molecule has 0 bridgehead atoms. The molecular weight excluding hydrogens is 411 g/mol. The van der Waals surface area contributed by atoms with Crippen molar-refractivity contribution in [1.82, 2.24) is 0 Å². The van der Waals surface area contributed by atoms with Crippen LogP contribution in [0.2, 0.25) is 0 Å². The van der Waals surface area contributed by atoms with Crippen LogP contribution >= 0.6 is 22.6 Å². The Hall–Kier alpha value is -2.34. The van der Waals surface area contributed by atoms with Crippen molar-refractivity contribution in [2.75, 3.05) is 10.6 Å². The van der Waals surface area contributed by atoms with E-state index in [0.717, 1.165) is 31.6 Å². The van der Waals surface area contributed by atoms with Crippen LogP contribution in [0, 0.1) is 10.5 Å². The van der Waals surface area contributed by atoms with Crippen molar-refractivity contribution in [3.8, 4) is 11.1 Å². The summed E-state index contributed by atoms with van der Waals surface area (Å²) < 4.78 is 1.15. The zero-order valence-corrected chi connectivity index (χ0v) is 15.4. The summed E-state index contributed by atoms with van der Waals surface area (Å²) in [4.78, 5) is 12.1. The number of nitrogens with one attached hydrogen (secondary N) is 2. The fourth-order valence-electron chi connectivity index (χ4n) is 2.43. The quantitative estimate of drug-likeness (QED) is 0.501. The number of hydrogen-bond donors (Lipinski definition) is 2. The van der Waals surface area contributed by atoms with E-state index < -0.39 is 0 Å². The van der Waals surface area contributed by atoms with Crippen molar-refractivity contribution in [2.24, 2.45) is 0 Å². The minimum Gasteiger partial charge on any atom is -0.308 e. The molecule has 3 aromatic carbocycles. The summed E-state index contributed by atoms with van der Waals surface area (Å²) >= 11 is 2.25. The van der Waals surface area contributed by atoms with E-state index in [0.29, 0.717) is 0 Å². The van der Waals surface area contributed by atoms with E-state index in [1.54, 1.807) is 0 Å². The second kappa shape index (κ2) is 7.49. The Labute approximate surface area is 155 Å². The second-order valence-corrected chi connectivity index (χ2v) is 6.73. The van der Waals surface area contributed by atoms with Gasteiger partial charge in [-0.05, 0) is 76.5 Å². The molecule has 0 aromatic heterocycles. The van der Waals surface area contributed by atoms with Crippen molar-refractivity contribution < 1.29 is 4.79 Å². The number of aryl methyl sites for hydroxylation is 1. The van der Waals surface area contributed by atoms with Crippen molar-refractivity contribution in [2.45, 2.75) is 6.92 Å². The van der Waals surface area contributed by atoms with E-state index in [4.69, 9.17) is 0 Å². The zero-order chi connectivity index (χ0) is 16.9. The largest absolute Gasteiger partial charge is 0.323 e. The molecule has 3 rings (SSSR count). The molecule has 0 saturated heterocycles. The minimum atomic E-state index is -0.244. The number of rotatable bonds is 3. The third-order valence-electron chi connectivity index (χ3n) is 3.69.